The first-order valence-electron chi connectivity index (χ1n) is 8.65. The number of para-hydroxylation sites is 2. The predicted octanol–water partition coefficient (Wildman–Crippen LogP) is 5.89. The highest BCUT2D eigenvalue weighted by molar-refractivity contribution is 9.10. The molecule has 0 aliphatic heterocycles. The van der Waals surface area contributed by atoms with Gasteiger partial charge in [-0.1, -0.05) is 42.0 Å². The summed E-state index contributed by atoms with van der Waals surface area (Å²) in [6.45, 7) is 2.54. The van der Waals surface area contributed by atoms with E-state index in [0.29, 0.717) is 18.1 Å². The molecule has 136 valence electrons. The average Bonchev–Trinajstić information content (AvgIpc) is 3.11. The summed E-state index contributed by atoms with van der Waals surface area (Å²) in [5, 5.41) is 0. The third kappa shape index (κ3) is 3.69. The number of H-pyrrole nitrogens is 1. The molecule has 1 N–H and O–H groups in total. The number of aromatic nitrogens is 2. The highest BCUT2D eigenvalue weighted by Gasteiger charge is 2.15. The van der Waals surface area contributed by atoms with E-state index in [4.69, 9.17) is 9.47 Å². The van der Waals surface area contributed by atoms with Gasteiger partial charge in [-0.2, -0.15) is 0 Å². The van der Waals surface area contributed by atoms with Crippen LogP contribution in [0.15, 0.2) is 65.1 Å². The number of ether oxygens (including phenoxy) is 2. The zero-order chi connectivity index (χ0) is 18.8. The number of aromatic amines is 1. The summed E-state index contributed by atoms with van der Waals surface area (Å²) < 4.78 is 12.4. The zero-order valence-corrected chi connectivity index (χ0v) is 16.7. The van der Waals surface area contributed by atoms with Crippen LogP contribution in [0.2, 0.25) is 0 Å². The van der Waals surface area contributed by atoms with Crippen molar-refractivity contribution >= 4 is 27.0 Å². The van der Waals surface area contributed by atoms with Crippen molar-refractivity contribution in [3.8, 4) is 22.9 Å². The van der Waals surface area contributed by atoms with Crippen molar-refractivity contribution in [3.63, 3.8) is 0 Å². The average molecular weight is 423 g/mol. The van der Waals surface area contributed by atoms with Crippen LogP contribution in [0.1, 0.15) is 11.1 Å². The fourth-order valence-electron chi connectivity index (χ4n) is 3.04. The van der Waals surface area contributed by atoms with E-state index >= 15 is 0 Å². The Kier molecular flexibility index (Phi) is 4.86. The van der Waals surface area contributed by atoms with Gasteiger partial charge in [-0.25, -0.2) is 4.98 Å². The van der Waals surface area contributed by atoms with Crippen molar-refractivity contribution in [3.05, 3.63) is 76.3 Å². The zero-order valence-electron chi connectivity index (χ0n) is 15.1. The van der Waals surface area contributed by atoms with Gasteiger partial charge in [0.25, 0.3) is 0 Å². The normalized spacial score (nSPS) is 10.9. The molecule has 4 nitrogen and oxygen atoms in total. The molecule has 0 amide bonds. The van der Waals surface area contributed by atoms with E-state index in [-0.39, 0.29) is 0 Å². The van der Waals surface area contributed by atoms with Crippen molar-refractivity contribution in [1.29, 1.82) is 0 Å². The molecule has 5 heteroatoms. The maximum atomic E-state index is 6.05. The molecular weight excluding hydrogens is 404 g/mol. The summed E-state index contributed by atoms with van der Waals surface area (Å²) in [6.07, 6.45) is 0. The summed E-state index contributed by atoms with van der Waals surface area (Å²) in [5.41, 5.74) is 5.19. The van der Waals surface area contributed by atoms with E-state index in [0.717, 1.165) is 32.5 Å². The Labute approximate surface area is 166 Å². The molecule has 4 aromatic rings. The first-order chi connectivity index (χ1) is 13.1. The molecule has 0 aliphatic carbocycles. The SMILES string of the molecule is COc1cc(-c2nc3ccccc3[nH]2)cc(Br)c1OCc1cccc(C)c1. The van der Waals surface area contributed by atoms with Crippen LogP contribution in [0, 0.1) is 6.92 Å². The lowest BCUT2D eigenvalue weighted by atomic mass is 10.1. The topological polar surface area (TPSA) is 47.1 Å². The second kappa shape index (κ2) is 7.45. The molecule has 27 heavy (non-hydrogen) atoms. The summed E-state index contributed by atoms with van der Waals surface area (Å²) in [5.74, 6) is 2.13. The van der Waals surface area contributed by atoms with E-state index in [1.54, 1.807) is 7.11 Å². The van der Waals surface area contributed by atoms with E-state index < -0.39 is 0 Å². The van der Waals surface area contributed by atoms with Crippen LogP contribution in [0.4, 0.5) is 0 Å². The van der Waals surface area contributed by atoms with E-state index in [1.165, 1.54) is 5.56 Å². The smallest absolute Gasteiger partial charge is 0.175 e. The number of fused-ring (bicyclic) bond motifs is 1. The van der Waals surface area contributed by atoms with Crippen molar-refractivity contribution in [2.45, 2.75) is 13.5 Å². The second-order valence-corrected chi connectivity index (χ2v) is 7.22. The van der Waals surface area contributed by atoms with E-state index in [2.05, 4.69) is 51.0 Å². The molecule has 3 aromatic carbocycles. The standard InChI is InChI=1S/C22H19BrN2O2/c1-14-6-5-7-15(10-14)13-27-21-17(23)11-16(12-20(21)26-2)22-24-18-8-3-4-9-19(18)25-22/h3-12H,13H2,1-2H3,(H,24,25). The lowest BCUT2D eigenvalue weighted by Crippen LogP contribution is -1.99. The number of nitrogens with zero attached hydrogens (tertiary/aromatic N) is 1. The Morgan fingerprint density at radius 1 is 1.04 bits per heavy atom. The molecule has 1 aromatic heterocycles. The molecule has 0 saturated heterocycles. The fraction of sp³-hybridized carbons (Fsp3) is 0.136. The molecule has 0 spiro atoms. The Hall–Kier alpha value is -2.79. The molecule has 0 unspecified atom stereocenters. The van der Waals surface area contributed by atoms with Gasteiger partial charge >= 0.3 is 0 Å². The van der Waals surface area contributed by atoms with Gasteiger partial charge in [0.2, 0.25) is 0 Å². The lowest BCUT2D eigenvalue weighted by molar-refractivity contribution is 0.282. The van der Waals surface area contributed by atoms with Crippen molar-refractivity contribution in [2.24, 2.45) is 0 Å². The van der Waals surface area contributed by atoms with Crippen LogP contribution in [-0.2, 0) is 6.61 Å². The van der Waals surface area contributed by atoms with Crippen LogP contribution in [-0.4, -0.2) is 17.1 Å². The Bertz CT molecular complexity index is 1070. The molecule has 1 heterocycles. The molecule has 4 rings (SSSR count). The van der Waals surface area contributed by atoms with Crippen molar-refractivity contribution in [1.82, 2.24) is 9.97 Å². The molecule has 0 radical (unpaired) electrons. The molecule has 0 atom stereocenters. The largest absolute Gasteiger partial charge is 0.493 e. The number of rotatable bonds is 5. The van der Waals surface area contributed by atoms with Crippen LogP contribution < -0.4 is 9.47 Å². The summed E-state index contributed by atoms with van der Waals surface area (Å²) in [4.78, 5) is 8.01. The van der Waals surface area contributed by atoms with Gasteiger partial charge in [0.05, 0.1) is 22.6 Å². The second-order valence-electron chi connectivity index (χ2n) is 6.37. The monoisotopic (exact) mass is 422 g/mol. The number of aryl methyl sites for hydroxylation is 1. The minimum absolute atomic E-state index is 0.473. The Morgan fingerprint density at radius 3 is 2.67 bits per heavy atom. The molecule has 0 bridgehead atoms. The highest BCUT2D eigenvalue weighted by atomic mass is 79.9. The fourth-order valence-corrected chi connectivity index (χ4v) is 3.60. The van der Waals surface area contributed by atoms with E-state index in [1.807, 2.05) is 42.5 Å². The number of imidazole rings is 1. The minimum atomic E-state index is 0.473. The summed E-state index contributed by atoms with van der Waals surface area (Å²) in [6, 6.07) is 20.2. The quantitative estimate of drug-likeness (QED) is 0.436. The van der Waals surface area contributed by atoms with Gasteiger partial charge in [0.1, 0.15) is 12.4 Å². The van der Waals surface area contributed by atoms with Gasteiger partial charge in [0, 0.05) is 5.56 Å². The van der Waals surface area contributed by atoms with Crippen LogP contribution in [0.3, 0.4) is 0 Å². The number of halogens is 1. The first-order valence-corrected chi connectivity index (χ1v) is 9.44. The van der Waals surface area contributed by atoms with Gasteiger partial charge in [-0.3, -0.25) is 0 Å². The number of hydrogen-bond donors (Lipinski definition) is 1. The molecular formula is C22H19BrN2O2. The summed E-state index contributed by atoms with van der Waals surface area (Å²) in [7, 11) is 1.64. The number of methoxy groups -OCH3 is 1. The molecule has 0 fully saturated rings. The number of benzene rings is 3. The van der Waals surface area contributed by atoms with Gasteiger partial charge in [-0.15, -0.1) is 0 Å². The van der Waals surface area contributed by atoms with Crippen molar-refractivity contribution < 1.29 is 9.47 Å². The maximum absolute atomic E-state index is 6.05. The third-order valence-electron chi connectivity index (χ3n) is 4.36. The molecule has 0 saturated carbocycles. The first kappa shape index (κ1) is 17.6. The van der Waals surface area contributed by atoms with Gasteiger partial charge in [-0.05, 0) is 52.7 Å². The maximum Gasteiger partial charge on any atom is 0.175 e. The van der Waals surface area contributed by atoms with E-state index in [9.17, 15) is 0 Å². The predicted molar refractivity (Wildman–Crippen MR) is 111 cm³/mol. The van der Waals surface area contributed by atoms with Gasteiger partial charge < -0.3 is 14.5 Å². The number of hydrogen-bond acceptors (Lipinski definition) is 3. The van der Waals surface area contributed by atoms with Crippen LogP contribution in [0.25, 0.3) is 22.4 Å². The number of nitrogens with one attached hydrogen (secondary N) is 1. The minimum Gasteiger partial charge on any atom is -0.493 e. The van der Waals surface area contributed by atoms with Crippen molar-refractivity contribution in [2.75, 3.05) is 7.11 Å². The van der Waals surface area contributed by atoms with Crippen LogP contribution >= 0.6 is 15.9 Å². The third-order valence-corrected chi connectivity index (χ3v) is 4.95. The molecule has 0 aliphatic rings. The van der Waals surface area contributed by atoms with Crippen LogP contribution in [0.5, 0.6) is 11.5 Å². The Morgan fingerprint density at radius 2 is 1.89 bits per heavy atom. The van der Waals surface area contributed by atoms with Gasteiger partial charge in [0.15, 0.2) is 11.5 Å². The highest BCUT2D eigenvalue weighted by Crippen LogP contribution is 2.39. The lowest BCUT2D eigenvalue weighted by Gasteiger charge is -2.14. The summed E-state index contributed by atoms with van der Waals surface area (Å²) >= 11 is 3.62. The Balaban J connectivity index is 1.65.